The van der Waals surface area contributed by atoms with Gasteiger partial charge in [-0.05, 0) is 17.4 Å². The summed E-state index contributed by atoms with van der Waals surface area (Å²) in [4.78, 5) is 3.57. The van der Waals surface area contributed by atoms with Gasteiger partial charge in [0.15, 0.2) is 0 Å². The average molecular weight is 670 g/mol. The van der Waals surface area contributed by atoms with Gasteiger partial charge in [0.1, 0.15) is 0 Å². The monoisotopic (exact) mass is 670 g/mol. The quantitative estimate of drug-likeness (QED) is 0.163. The molecule has 0 aromatic carbocycles. The molecule has 2 rings (SSSR count). The Labute approximate surface area is 302 Å². The summed E-state index contributed by atoms with van der Waals surface area (Å²) >= 11 is 0. The molecular formula is C45H87N3. The highest BCUT2D eigenvalue weighted by atomic mass is 15.2. The third-order valence-electron chi connectivity index (χ3n) is 12.5. The average Bonchev–Trinajstić information content (AvgIpc) is 3.09. The van der Waals surface area contributed by atoms with Crippen molar-refractivity contribution in [3.63, 3.8) is 0 Å². The molecule has 3 heteroatoms. The van der Waals surface area contributed by atoms with E-state index >= 15 is 0 Å². The highest BCUT2D eigenvalue weighted by molar-refractivity contribution is 4.84. The van der Waals surface area contributed by atoms with Crippen molar-refractivity contribution in [3.8, 4) is 0 Å². The van der Waals surface area contributed by atoms with Crippen LogP contribution in [0.4, 0.5) is 0 Å². The minimum absolute atomic E-state index is 0.228. The van der Waals surface area contributed by atoms with Gasteiger partial charge in [-0.3, -0.25) is 0 Å². The SMILES string of the molecule is [N-]=[N+]=NC(C1CCCCCCCCCCCCCCCCCCCCC1)C1CCCCCCCCCCCCCCCCCCCCC1. The Kier molecular flexibility index (Phi) is 31.5. The molecule has 3 nitrogen and oxygen atoms in total. The number of rotatable bonds is 3. The van der Waals surface area contributed by atoms with Crippen LogP contribution in [0.5, 0.6) is 0 Å². The van der Waals surface area contributed by atoms with Crippen LogP contribution in [0.15, 0.2) is 5.11 Å². The second kappa shape index (κ2) is 34.7. The zero-order valence-electron chi connectivity index (χ0n) is 32.8. The first-order valence-electron chi connectivity index (χ1n) is 23.0. The Bertz CT molecular complexity index is 606. The van der Waals surface area contributed by atoms with Crippen molar-refractivity contribution in [3.05, 3.63) is 10.4 Å². The van der Waals surface area contributed by atoms with E-state index in [4.69, 9.17) is 5.11 Å². The van der Waals surface area contributed by atoms with Gasteiger partial charge in [-0.25, -0.2) is 0 Å². The van der Waals surface area contributed by atoms with E-state index in [1.165, 1.54) is 270 Å². The van der Waals surface area contributed by atoms with Gasteiger partial charge in [-0.2, -0.15) is 0 Å². The number of azide groups is 1. The maximum absolute atomic E-state index is 9.89. The Morgan fingerprint density at radius 2 is 0.417 bits per heavy atom. The van der Waals surface area contributed by atoms with Crippen molar-refractivity contribution in [1.29, 1.82) is 0 Å². The van der Waals surface area contributed by atoms with Crippen LogP contribution in [0.25, 0.3) is 10.4 Å². The topological polar surface area (TPSA) is 48.8 Å². The lowest BCUT2D eigenvalue weighted by molar-refractivity contribution is 0.236. The highest BCUT2D eigenvalue weighted by Crippen LogP contribution is 2.34. The zero-order valence-corrected chi connectivity index (χ0v) is 32.8. The second-order valence-electron chi connectivity index (χ2n) is 16.8. The predicted molar refractivity (Wildman–Crippen MR) is 214 cm³/mol. The van der Waals surface area contributed by atoms with Gasteiger partial charge in [0, 0.05) is 11.0 Å². The standard InChI is InChI=1S/C45H87N3/c46-48-47-45(43-39-35-31-27-23-19-15-11-7-3-1-4-8-12-16-20-24-28-32-36-40-43)44-41-37-33-29-25-21-17-13-9-5-2-6-10-14-18-22-26-30-34-38-42-44/h43-45H,1-42H2. The molecular weight excluding hydrogens is 583 g/mol. The Morgan fingerprint density at radius 1 is 0.271 bits per heavy atom. The van der Waals surface area contributed by atoms with E-state index in [0.717, 1.165) is 0 Å². The summed E-state index contributed by atoms with van der Waals surface area (Å²) in [6.45, 7) is 0. The molecule has 0 radical (unpaired) electrons. The third-order valence-corrected chi connectivity index (χ3v) is 12.5. The van der Waals surface area contributed by atoms with Gasteiger partial charge < -0.3 is 0 Å². The number of hydrogen-bond donors (Lipinski definition) is 0. The molecule has 0 atom stereocenters. The maximum Gasteiger partial charge on any atom is 0.0430 e. The summed E-state index contributed by atoms with van der Waals surface area (Å²) in [6.07, 6.45) is 59.4. The molecule has 2 fully saturated rings. The molecule has 0 aromatic heterocycles. The first kappa shape index (κ1) is 43.5. The fraction of sp³-hybridized carbons (Fsp3) is 1.00. The van der Waals surface area contributed by atoms with Crippen molar-refractivity contribution in [2.24, 2.45) is 17.0 Å². The summed E-state index contributed by atoms with van der Waals surface area (Å²) in [7, 11) is 0. The van der Waals surface area contributed by atoms with Crippen molar-refractivity contribution in [1.82, 2.24) is 0 Å². The second-order valence-corrected chi connectivity index (χ2v) is 16.8. The van der Waals surface area contributed by atoms with E-state index in [0.29, 0.717) is 11.8 Å². The fourth-order valence-electron chi connectivity index (χ4n) is 9.24. The highest BCUT2D eigenvalue weighted by Gasteiger charge is 2.28. The number of hydrogen-bond acceptors (Lipinski definition) is 1. The Hall–Kier alpha value is -0.690. The molecule has 2 aliphatic carbocycles. The van der Waals surface area contributed by atoms with E-state index in [2.05, 4.69) is 4.91 Å². The van der Waals surface area contributed by atoms with Gasteiger partial charge in [0.05, 0.1) is 0 Å². The third kappa shape index (κ3) is 26.2. The van der Waals surface area contributed by atoms with E-state index in [-0.39, 0.29) is 6.04 Å². The molecule has 0 amide bonds. The fourth-order valence-corrected chi connectivity index (χ4v) is 9.24. The van der Waals surface area contributed by atoms with E-state index in [1.807, 2.05) is 0 Å². The zero-order chi connectivity index (χ0) is 33.8. The lowest BCUT2D eigenvalue weighted by Gasteiger charge is -2.31. The van der Waals surface area contributed by atoms with Crippen LogP contribution in [-0.4, -0.2) is 6.04 Å². The summed E-state index contributed by atoms with van der Waals surface area (Å²) < 4.78 is 0. The minimum atomic E-state index is 0.228. The van der Waals surface area contributed by atoms with Crippen molar-refractivity contribution in [2.45, 2.75) is 276 Å². The molecule has 0 heterocycles. The number of nitrogens with zero attached hydrogens (tertiary/aromatic N) is 3. The summed E-state index contributed by atoms with van der Waals surface area (Å²) in [5, 5.41) is 4.73. The molecule has 0 unspecified atom stereocenters. The van der Waals surface area contributed by atoms with Crippen molar-refractivity contribution < 1.29 is 0 Å². The Morgan fingerprint density at radius 3 is 0.562 bits per heavy atom. The van der Waals surface area contributed by atoms with Gasteiger partial charge in [-0.15, -0.1) is 0 Å². The molecule has 2 saturated carbocycles. The summed E-state index contributed by atoms with van der Waals surface area (Å²) in [6, 6.07) is 0.228. The van der Waals surface area contributed by atoms with Crippen molar-refractivity contribution in [2.75, 3.05) is 0 Å². The molecule has 282 valence electrons. The van der Waals surface area contributed by atoms with Crippen LogP contribution in [0.1, 0.15) is 270 Å². The molecule has 0 bridgehead atoms. The molecule has 0 N–H and O–H groups in total. The van der Waals surface area contributed by atoms with Gasteiger partial charge in [0.2, 0.25) is 0 Å². The molecule has 0 saturated heterocycles. The lowest BCUT2D eigenvalue weighted by atomic mass is 9.77. The van der Waals surface area contributed by atoms with Crippen LogP contribution in [0.2, 0.25) is 0 Å². The molecule has 0 aromatic rings. The predicted octanol–water partition coefficient (Wildman–Crippen LogP) is 17.3. The first-order chi connectivity index (χ1) is 23.9. The lowest BCUT2D eigenvalue weighted by Crippen LogP contribution is -2.28. The molecule has 2 aliphatic rings. The Balaban J connectivity index is 1.96. The normalized spacial score (nSPS) is 24.1. The summed E-state index contributed by atoms with van der Waals surface area (Å²) in [5.41, 5.74) is 9.89. The largest absolute Gasteiger partial charge is 0.0900 e. The van der Waals surface area contributed by atoms with Gasteiger partial charge >= 0.3 is 0 Å². The molecule has 0 aliphatic heterocycles. The van der Waals surface area contributed by atoms with E-state index < -0.39 is 0 Å². The van der Waals surface area contributed by atoms with Gasteiger partial charge in [-0.1, -0.05) is 275 Å². The van der Waals surface area contributed by atoms with Crippen LogP contribution < -0.4 is 0 Å². The molecule has 48 heavy (non-hydrogen) atoms. The van der Waals surface area contributed by atoms with Crippen LogP contribution >= 0.6 is 0 Å². The van der Waals surface area contributed by atoms with E-state index in [1.54, 1.807) is 0 Å². The first-order valence-corrected chi connectivity index (χ1v) is 23.0. The minimum Gasteiger partial charge on any atom is -0.0900 e. The van der Waals surface area contributed by atoms with Crippen LogP contribution in [-0.2, 0) is 0 Å². The van der Waals surface area contributed by atoms with Crippen LogP contribution in [0.3, 0.4) is 0 Å². The smallest absolute Gasteiger partial charge is 0.0430 e. The van der Waals surface area contributed by atoms with Crippen molar-refractivity contribution >= 4 is 0 Å². The van der Waals surface area contributed by atoms with Gasteiger partial charge in [0.25, 0.3) is 0 Å². The van der Waals surface area contributed by atoms with E-state index in [9.17, 15) is 5.53 Å². The molecule has 0 spiro atoms. The van der Waals surface area contributed by atoms with Crippen LogP contribution in [0, 0.1) is 11.8 Å². The maximum atomic E-state index is 9.89. The summed E-state index contributed by atoms with van der Waals surface area (Å²) in [5.74, 6) is 1.20.